The topological polar surface area (TPSA) is 68.9 Å². The van der Waals surface area contributed by atoms with Crippen molar-refractivity contribution in [1.29, 1.82) is 0 Å². The highest BCUT2D eigenvalue weighted by Gasteiger charge is 2.09. The third-order valence-corrected chi connectivity index (χ3v) is 4.64. The minimum atomic E-state index is 0.638. The first-order valence-corrected chi connectivity index (χ1v) is 8.88. The highest BCUT2D eigenvalue weighted by molar-refractivity contribution is 7.98. The van der Waals surface area contributed by atoms with Crippen LogP contribution in [0, 0.1) is 13.8 Å². The van der Waals surface area contributed by atoms with Gasteiger partial charge in [0.25, 0.3) is 0 Å². The molecule has 1 aromatic carbocycles. The molecular formula is C18H16N6S. The van der Waals surface area contributed by atoms with Gasteiger partial charge in [-0.15, -0.1) is 5.10 Å². The lowest BCUT2D eigenvalue weighted by Gasteiger charge is -2.01. The number of hydrogen-bond donors (Lipinski definition) is 0. The summed E-state index contributed by atoms with van der Waals surface area (Å²) in [5, 5.41) is 8.83. The predicted molar refractivity (Wildman–Crippen MR) is 97.3 cm³/mol. The van der Waals surface area contributed by atoms with E-state index in [0.29, 0.717) is 10.9 Å². The van der Waals surface area contributed by atoms with Crippen LogP contribution in [0.5, 0.6) is 0 Å². The van der Waals surface area contributed by atoms with Crippen LogP contribution in [-0.2, 0) is 5.75 Å². The van der Waals surface area contributed by atoms with Gasteiger partial charge in [0.2, 0.25) is 10.9 Å². The van der Waals surface area contributed by atoms with E-state index in [1.165, 1.54) is 11.8 Å². The summed E-state index contributed by atoms with van der Waals surface area (Å²) >= 11 is 1.52. The van der Waals surface area contributed by atoms with Crippen LogP contribution < -0.4 is 0 Å². The van der Waals surface area contributed by atoms with E-state index < -0.39 is 0 Å². The van der Waals surface area contributed by atoms with E-state index in [4.69, 9.17) is 0 Å². The van der Waals surface area contributed by atoms with Gasteiger partial charge in [0.05, 0.1) is 17.6 Å². The molecule has 0 spiro atoms. The molecule has 4 rings (SSSR count). The number of aromatic nitrogens is 6. The lowest BCUT2D eigenvalue weighted by molar-refractivity contribution is 0.843. The molecule has 0 unspecified atom stereocenters. The lowest BCUT2D eigenvalue weighted by Crippen LogP contribution is -1.94. The highest BCUT2D eigenvalue weighted by atomic mass is 32.2. The van der Waals surface area contributed by atoms with Crippen LogP contribution in [0.1, 0.15) is 17.1 Å². The van der Waals surface area contributed by atoms with Crippen LogP contribution in [0.25, 0.3) is 17.0 Å². The molecule has 0 radical (unpaired) electrons. The zero-order valence-electron chi connectivity index (χ0n) is 13.9. The second-order valence-electron chi connectivity index (χ2n) is 5.72. The van der Waals surface area contributed by atoms with E-state index in [2.05, 4.69) is 32.1 Å². The van der Waals surface area contributed by atoms with Gasteiger partial charge >= 0.3 is 0 Å². The van der Waals surface area contributed by atoms with Crippen molar-refractivity contribution >= 4 is 17.5 Å². The van der Waals surface area contributed by atoms with Gasteiger partial charge in [-0.05, 0) is 19.9 Å². The predicted octanol–water partition coefficient (Wildman–Crippen LogP) is 3.49. The largest absolute Gasteiger partial charge is 0.288 e. The van der Waals surface area contributed by atoms with Crippen molar-refractivity contribution in [2.24, 2.45) is 0 Å². The number of thioether (sulfide) groups is 1. The average molecular weight is 348 g/mol. The molecule has 4 aromatic rings. The molecule has 124 valence electrons. The maximum atomic E-state index is 4.59. The molecule has 0 atom stereocenters. The Hall–Kier alpha value is -2.80. The van der Waals surface area contributed by atoms with E-state index in [0.717, 1.165) is 34.1 Å². The summed E-state index contributed by atoms with van der Waals surface area (Å²) in [4.78, 5) is 13.6. The minimum absolute atomic E-state index is 0.638. The van der Waals surface area contributed by atoms with E-state index in [9.17, 15) is 0 Å². The maximum absolute atomic E-state index is 4.59. The fraction of sp³-hybridized carbons (Fsp3) is 0.167. The number of nitrogens with zero attached hydrogens (tertiary/aromatic N) is 6. The van der Waals surface area contributed by atoms with Gasteiger partial charge in [-0.2, -0.15) is 5.10 Å². The molecular weight excluding hydrogens is 332 g/mol. The smallest absolute Gasteiger partial charge is 0.234 e. The Balaban J connectivity index is 1.55. The van der Waals surface area contributed by atoms with Crippen molar-refractivity contribution < 1.29 is 0 Å². The molecule has 0 aliphatic rings. The molecule has 0 aliphatic carbocycles. The lowest BCUT2D eigenvalue weighted by atomic mass is 10.2. The Kier molecular flexibility index (Phi) is 4.15. The Labute approximate surface area is 149 Å². The molecule has 0 fully saturated rings. The molecule has 0 N–H and O–H groups in total. The van der Waals surface area contributed by atoms with Crippen molar-refractivity contribution in [3.63, 3.8) is 0 Å². The third-order valence-electron chi connectivity index (χ3n) is 3.77. The van der Waals surface area contributed by atoms with E-state index in [-0.39, 0.29) is 0 Å². The molecule has 3 aromatic heterocycles. The van der Waals surface area contributed by atoms with Gasteiger partial charge in [-0.3, -0.25) is 4.40 Å². The second-order valence-corrected chi connectivity index (χ2v) is 6.66. The summed E-state index contributed by atoms with van der Waals surface area (Å²) in [7, 11) is 0. The first kappa shape index (κ1) is 15.7. The summed E-state index contributed by atoms with van der Waals surface area (Å²) in [6.45, 7) is 4.03. The van der Waals surface area contributed by atoms with Gasteiger partial charge in [0, 0.05) is 28.9 Å². The fourth-order valence-electron chi connectivity index (χ4n) is 2.62. The Morgan fingerprint density at radius 2 is 1.88 bits per heavy atom. The van der Waals surface area contributed by atoms with Crippen LogP contribution in [0.4, 0.5) is 0 Å². The first-order chi connectivity index (χ1) is 12.2. The number of fused-ring (bicyclic) bond motifs is 1. The van der Waals surface area contributed by atoms with Crippen LogP contribution >= 0.6 is 11.8 Å². The van der Waals surface area contributed by atoms with Crippen molar-refractivity contribution in [3.05, 3.63) is 65.9 Å². The van der Waals surface area contributed by atoms with Crippen molar-refractivity contribution in [2.45, 2.75) is 24.8 Å². The summed E-state index contributed by atoms with van der Waals surface area (Å²) < 4.78 is 2.00. The quantitative estimate of drug-likeness (QED) is 0.526. The summed E-state index contributed by atoms with van der Waals surface area (Å²) in [5.41, 5.74) is 4.89. The van der Waals surface area contributed by atoms with E-state index in [1.54, 1.807) is 6.20 Å². The molecule has 3 heterocycles. The zero-order chi connectivity index (χ0) is 17.2. The Morgan fingerprint density at radius 3 is 2.72 bits per heavy atom. The summed E-state index contributed by atoms with van der Waals surface area (Å²) in [6, 6.07) is 12.0. The molecule has 6 nitrogen and oxygen atoms in total. The van der Waals surface area contributed by atoms with Gasteiger partial charge in [0.15, 0.2) is 0 Å². The van der Waals surface area contributed by atoms with Crippen LogP contribution in [-0.4, -0.2) is 29.5 Å². The van der Waals surface area contributed by atoms with E-state index in [1.807, 2.05) is 53.9 Å². The first-order valence-electron chi connectivity index (χ1n) is 7.89. The number of benzene rings is 1. The summed E-state index contributed by atoms with van der Waals surface area (Å²) in [5.74, 6) is 1.40. The highest BCUT2D eigenvalue weighted by Crippen LogP contribution is 2.22. The van der Waals surface area contributed by atoms with Crippen molar-refractivity contribution in [2.75, 3.05) is 0 Å². The van der Waals surface area contributed by atoms with Gasteiger partial charge < -0.3 is 0 Å². The minimum Gasteiger partial charge on any atom is -0.288 e. The summed E-state index contributed by atoms with van der Waals surface area (Å²) in [6.07, 6.45) is 3.69. The Morgan fingerprint density at radius 1 is 1.04 bits per heavy atom. The average Bonchev–Trinajstić information content (AvgIpc) is 3.04. The molecule has 0 saturated heterocycles. The standard InChI is InChI=1S/C18H16N6S/c1-12-8-13(2)24-10-15(21-17(24)20-12)11-25-18-22-16(9-19-23-18)14-6-4-3-5-7-14/h3-10H,11H2,1-2H3. The number of aryl methyl sites for hydroxylation is 2. The van der Waals surface area contributed by atoms with Gasteiger partial charge in [-0.1, -0.05) is 42.1 Å². The molecule has 7 heteroatoms. The van der Waals surface area contributed by atoms with Crippen LogP contribution in [0.3, 0.4) is 0 Å². The van der Waals surface area contributed by atoms with Crippen molar-refractivity contribution in [3.8, 4) is 11.3 Å². The SMILES string of the molecule is Cc1cc(C)n2cc(CSc3nncc(-c4ccccc4)n3)nc2n1. The Bertz CT molecular complexity index is 1030. The maximum Gasteiger partial charge on any atom is 0.234 e. The van der Waals surface area contributed by atoms with Crippen LogP contribution in [0.15, 0.2) is 53.9 Å². The number of imidazole rings is 1. The third kappa shape index (κ3) is 3.36. The normalized spacial score (nSPS) is 11.1. The van der Waals surface area contributed by atoms with Crippen LogP contribution in [0.2, 0.25) is 0 Å². The molecule has 0 bridgehead atoms. The number of rotatable bonds is 4. The van der Waals surface area contributed by atoms with E-state index >= 15 is 0 Å². The van der Waals surface area contributed by atoms with Crippen molar-refractivity contribution in [1.82, 2.24) is 29.5 Å². The zero-order valence-corrected chi connectivity index (χ0v) is 14.7. The molecule has 0 amide bonds. The fourth-order valence-corrected chi connectivity index (χ4v) is 3.31. The molecule has 0 saturated carbocycles. The second kappa shape index (κ2) is 6.60. The molecule has 25 heavy (non-hydrogen) atoms. The molecule has 0 aliphatic heterocycles. The van der Waals surface area contributed by atoms with Gasteiger partial charge in [-0.25, -0.2) is 15.0 Å². The monoisotopic (exact) mass is 348 g/mol. The number of hydrogen-bond acceptors (Lipinski definition) is 6. The van der Waals surface area contributed by atoms with Gasteiger partial charge in [0.1, 0.15) is 0 Å².